The number of hydrogen-bond acceptors (Lipinski definition) is 6. The third-order valence-electron chi connectivity index (χ3n) is 5.42. The number of nitrogens with zero attached hydrogens (tertiary/aromatic N) is 4. The van der Waals surface area contributed by atoms with E-state index in [0.29, 0.717) is 30.9 Å². The van der Waals surface area contributed by atoms with Crippen molar-refractivity contribution in [1.29, 1.82) is 0 Å². The SMILES string of the molecule is CCCCn1c(=O)[nH]c(=O)c2c1nc(COC(=O)c1ccc3nc(C(F)F)[nH]c3c1)n2CCC. The van der Waals surface area contributed by atoms with E-state index in [-0.39, 0.29) is 28.9 Å². The maximum atomic E-state index is 12.9. The van der Waals surface area contributed by atoms with E-state index in [1.807, 2.05) is 13.8 Å². The molecular formula is C22H24F2N6O4. The summed E-state index contributed by atoms with van der Waals surface area (Å²) in [5, 5.41) is 0. The Balaban J connectivity index is 1.65. The van der Waals surface area contributed by atoms with E-state index in [9.17, 15) is 23.2 Å². The van der Waals surface area contributed by atoms with E-state index in [1.54, 1.807) is 4.57 Å². The van der Waals surface area contributed by atoms with Gasteiger partial charge >= 0.3 is 11.7 Å². The lowest BCUT2D eigenvalue weighted by Crippen LogP contribution is -2.31. The summed E-state index contributed by atoms with van der Waals surface area (Å²) in [6.45, 7) is 4.52. The average Bonchev–Trinajstić information content (AvgIpc) is 3.39. The summed E-state index contributed by atoms with van der Waals surface area (Å²) in [5.74, 6) is -0.843. The summed E-state index contributed by atoms with van der Waals surface area (Å²) < 4.78 is 34.2. The van der Waals surface area contributed by atoms with Gasteiger partial charge in [0.2, 0.25) is 0 Å². The normalized spacial score (nSPS) is 11.7. The molecule has 1 aromatic carbocycles. The smallest absolute Gasteiger partial charge is 0.338 e. The number of carbonyl (C=O) groups is 1. The molecule has 4 rings (SSSR count). The van der Waals surface area contributed by atoms with Crippen molar-refractivity contribution in [2.24, 2.45) is 0 Å². The highest BCUT2D eigenvalue weighted by Crippen LogP contribution is 2.21. The number of aromatic amines is 2. The van der Waals surface area contributed by atoms with Gasteiger partial charge in [-0.15, -0.1) is 0 Å². The molecular weight excluding hydrogens is 450 g/mol. The number of aryl methyl sites for hydroxylation is 2. The van der Waals surface area contributed by atoms with Crippen LogP contribution in [0.2, 0.25) is 0 Å². The fraction of sp³-hybridized carbons (Fsp3) is 0.409. The highest BCUT2D eigenvalue weighted by atomic mass is 19.3. The lowest BCUT2D eigenvalue weighted by atomic mass is 10.2. The quantitative estimate of drug-likeness (QED) is 0.359. The molecule has 0 fully saturated rings. The highest BCUT2D eigenvalue weighted by molar-refractivity contribution is 5.93. The molecule has 0 aliphatic carbocycles. The van der Waals surface area contributed by atoms with Crippen LogP contribution >= 0.6 is 0 Å². The fourth-order valence-corrected chi connectivity index (χ4v) is 3.79. The molecule has 4 aromatic rings. The number of aromatic nitrogens is 6. The molecule has 0 aliphatic rings. The number of hydrogen-bond donors (Lipinski definition) is 2. The second-order valence-electron chi connectivity index (χ2n) is 7.85. The Hall–Kier alpha value is -3.83. The standard InChI is InChI=1S/C22H24F2N6O4/c1-3-5-9-30-19-16(20(31)28-22(30)33)29(8-4-2)15(27-19)11-34-21(32)12-6-7-13-14(10-12)26-18(25-13)17(23)24/h6-7,10,17H,3-5,8-9,11H2,1-2H3,(H,25,26)(H,28,31,33). The number of imidazole rings is 2. The molecule has 0 amide bonds. The Kier molecular flexibility index (Phi) is 6.57. The molecule has 34 heavy (non-hydrogen) atoms. The zero-order valence-electron chi connectivity index (χ0n) is 18.7. The number of alkyl halides is 2. The molecule has 0 saturated heterocycles. The number of fused-ring (bicyclic) bond motifs is 2. The van der Waals surface area contributed by atoms with Crippen LogP contribution in [0, 0.1) is 0 Å². The minimum absolute atomic E-state index is 0.146. The van der Waals surface area contributed by atoms with Crippen LogP contribution in [0.1, 0.15) is 61.5 Å². The van der Waals surface area contributed by atoms with Crippen LogP contribution in [-0.2, 0) is 24.4 Å². The number of esters is 1. The summed E-state index contributed by atoms with van der Waals surface area (Å²) in [5.41, 5.74) is 0.155. The number of unbranched alkanes of at least 4 members (excludes halogenated alkanes) is 1. The molecule has 0 unspecified atom stereocenters. The van der Waals surface area contributed by atoms with Crippen molar-refractivity contribution in [3.63, 3.8) is 0 Å². The van der Waals surface area contributed by atoms with Gasteiger partial charge in [-0.3, -0.25) is 14.3 Å². The summed E-state index contributed by atoms with van der Waals surface area (Å²) in [6, 6.07) is 4.27. The minimum Gasteiger partial charge on any atom is -0.454 e. The summed E-state index contributed by atoms with van der Waals surface area (Å²) in [6.07, 6.45) is -0.488. The van der Waals surface area contributed by atoms with Crippen LogP contribution in [0.4, 0.5) is 8.78 Å². The first-order valence-corrected chi connectivity index (χ1v) is 11.0. The van der Waals surface area contributed by atoms with Crippen molar-refractivity contribution in [1.82, 2.24) is 29.1 Å². The Morgan fingerprint density at radius 1 is 1.09 bits per heavy atom. The van der Waals surface area contributed by atoms with Crippen molar-refractivity contribution >= 4 is 28.2 Å². The van der Waals surface area contributed by atoms with Gasteiger partial charge in [-0.2, -0.15) is 0 Å². The predicted molar refractivity (Wildman–Crippen MR) is 120 cm³/mol. The van der Waals surface area contributed by atoms with Crippen molar-refractivity contribution < 1.29 is 18.3 Å². The van der Waals surface area contributed by atoms with Crippen molar-refractivity contribution in [3.05, 3.63) is 56.2 Å². The molecule has 3 aromatic heterocycles. The highest BCUT2D eigenvalue weighted by Gasteiger charge is 2.20. The Labute approximate surface area is 191 Å². The molecule has 0 saturated carbocycles. The lowest BCUT2D eigenvalue weighted by molar-refractivity contribution is 0.0458. The molecule has 0 atom stereocenters. The summed E-state index contributed by atoms with van der Waals surface area (Å²) in [7, 11) is 0. The first-order valence-electron chi connectivity index (χ1n) is 11.0. The molecule has 2 N–H and O–H groups in total. The average molecular weight is 474 g/mol. The first kappa shape index (κ1) is 23.3. The second kappa shape index (κ2) is 9.57. The van der Waals surface area contributed by atoms with E-state index in [4.69, 9.17) is 4.74 Å². The number of halogens is 2. The van der Waals surface area contributed by atoms with Gasteiger partial charge in [0.1, 0.15) is 12.4 Å². The van der Waals surface area contributed by atoms with Crippen LogP contribution in [-0.4, -0.2) is 35.0 Å². The monoisotopic (exact) mass is 474 g/mol. The first-order chi connectivity index (χ1) is 16.3. The Morgan fingerprint density at radius 3 is 2.59 bits per heavy atom. The van der Waals surface area contributed by atoms with Crippen LogP contribution in [0.25, 0.3) is 22.2 Å². The Bertz CT molecular complexity index is 1470. The van der Waals surface area contributed by atoms with E-state index in [0.717, 1.165) is 12.8 Å². The number of ether oxygens (including phenoxy) is 1. The van der Waals surface area contributed by atoms with Gasteiger partial charge in [-0.1, -0.05) is 20.3 Å². The largest absolute Gasteiger partial charge is 0.454 e. The number of nitrogens with one attached hydrogen (secondary N) is 2. The third-order valence-corrected chi connectivity index (χ3v) is 5.42. The topological polar surface area (TPSA) is 128 Å². The third kappa shape index (κ3) is 4.35. The number of carbonyl (C=O) groups excluding carboxylic acids is 1. The van der Waals surface area contributed by atoms with Crippen LogP contribution in [0.3, 0.4) is 0 Å². The van der Waals surface area contributed by atoms with Gasteiger partial charge in [0.05, 0.1) is 16.6 Å². The number of rotatable bonds is 9. The van der Waals surface area contributed by atoms with Crippen LogP contribution in [0.5, 0.6) is 0 Å². The van der Waals surface area contributed by atoms with Crippen LogP contribution in [0.15, 0.2) is 27.8 Å². The van der Waals surface area contributed by atoms with Crippen molar-refractivity contribution in [3.8, 4) is 0 Å². The molecule has 0 aliphatic heterocycles. The minimum atomic E-state index is -2.76. The summed E-state index contributed by atoms with van der Waals surface area (Å²) in [4.78, 5) is 50.7. The van der Waals surface area contributed by atoms with Gasteiger partial charge in [-0.25, -0.2) is 28.3 Å². The zero-order chi connectivity index (χ0) is 24.4. The molecule has 0 spiro atoms. The number of benzene rings is 1. The second-order valence-corrected chi connectivity index (χ2v) is 7.85. The van der Waals surface area contributed by atoms with Gasteiger partial charge in [0.15, 0.2) is 17.0 Å². The van der Waals surface area contributed by atoms with Gasteiger partial charge in [-0.05, 0) is 31.0 Å². The van der Waals surface area contributed by atoms with Gasteiger partial charge in [0, 0.05) is 13.1 Å². The van der Waals surface area contributed by atoms with E-state index in [2.05, 4.69) is 19.9 Å². The molecule has 0 radical (unpaired) electrons. The number of H-pyrrole nitrogens is 2. The zero-order valence-corrected chi connectivity index (χ0v) is 18.7. The molecule has 3 heterocycles. The van der Waals surface area contributed by atoms with E-state index in [1.165, 1.54) is 22.8 Å². The lowest BCUT2D eigenvalue weighted by Gasteiger charge is -2.08. The summed E-state index contributed by atoms with van der Waals surface area (Å²) >= 11 is 0. The maximum Gasteiger partial charge on any atom is 0.338 e. The molecule has 0 bridgehead atoms. The molecule has 180 valence electrons. The van der Waals surface area contributed by atoms with Gasteiger partial charge in [0.25, 0.3) is 12.0 Å². The van der Waals surface area contributed by atoms with Crippen molar-refractivity contribution in [2.75, 3.05) is 0 Å². The predicted octanol–water partition coefficient (Wildman–Crippen LogP) is 3.27. The van der Waals surface area contributed by atoms with Crippen molar-refractivity contribution in [2.45, 2.75) is 59.2 Å². The molecule has 12 heteroatoms. The van der Waals surface area contributed by atoms with E-state index >= 15 is 0 Å². The fourth-order valence-electron chi connectivity index (χ4n) is 3.79. The maximum absolute atomic E-state index is 12.9. The van der Waals surface area contributed by atoms with Gasteiger partial charge < -0.3 is 14.3 Å². The van der Waals surface area contributed by atoms with E-state index < -0.39 is 29.5 Å². The molecule has 10 nitrogen and oxygen atoms in total. The van der Waals surface area contributed by atoms with Crippen LogP contribution < -0.4 is 11.2 Å². The Morgan fingerprint density at radius 2 is 1.88 bits per heavy atom.